The fourth-order valence-electron chi connectivity index (χ4n) is 0.786. The number of nitrogens with one attached hydrogen (secondary N) is 1. The van der Waals surface area contributed by atoms with Gasteiger partial charge < -0.3 is 5.32 Å². The smallest absolute Gasteiger partial charge is 0.352 e. The van der Waals surface area contributed by atoms with Gasteiger partial charge in [0.1, 0.15) is 0 Å². The van der Waals surface area contributed by atoms with Crippen LogP contribution in [0.2, 0.25) is 0 Å². The number of halogens is 6. The zero-order chi connectivity index (χ0) is 16.9. The molecule has 0 saturated heterocycles. The molecule has 0 heterocycles. The number of hydrogen-bond donors (Lipinski definition) is 1. The van der Waals surface area contributed by atoms with Crippen molar-refractivity contribution in [3.8, 4) is 0 Å². The number of hydrogen-bond acceptors (Lipinski definition) is 3. The third-order valence-electron chi connectivity index (χ3n) is 1.27. The highest BCUT2D eigenvalue weighted by Gasteiger charge is 2.54. The van der Waals surface area contributed by atoms with Crippen LogP contribution in [0.3, 0.4) is 0 Å². The van der Waals surface area contributed by atoms with Crippen molar-refractivity contribution in [2.24, 2.45) is 0 Å². The molecule has 1 N–H and O–H groups in total. The van der Waals surface area contributed by atoms with E-state index in [2.05, 4.69) is 5.32 Å². The lowest BCUT2D eigenvalue weighted by Crippen LogP contribution is -2.39. The Hall–Kier alpha value is -1.61. The topological polar surface area (TPSA) is 63.2 Å². The Kier molecular flexibility index (Phi) is 6.94. The number of rotatable bonds is 1. The molecule has 0 saturated carbocycles. The van der Waals surface area contributed by atoms with Crippen molar-refractivity contribution in [3.05, 3.63) is 0 Å². The molecule has 0 aliphatic rings. The van der Waals surface area contributed by atoms with E-state index in [0.29, 0.717) is 0 Å². The molecule has 0 aliphatic carbocycles. The van der Waals surface area contributed by atoms with Crippen LogP contribution in [0.1, 0.15) is 27.7 Å². The van der Waals surface area contributed by atoms with Gasteiger partial charge in [0.2, 0.25) is 5.91 Å². The summed E-state index contributed by atoms with van der Waals surface area (Å²) in [4.78, 5) is 29.6. The van der Waals surface area contributed by atoms with Crippen molar-refractivity contribution in [2.45, 2.75) is 45.6 Å². The molecule has 1 amide bonds. The van der Waals surface area contributed by atoms with Crippen LogP contribution in [0, 0.1) is 0 Å². The highest BCUT2D eigenvalue weighted by molar-refractivity contribution is 6.41. The van der Waals surface area contributed by atoms with Crippen LogP contribution in [0.15, 0.2) is 0 Å². The minimum absolute atomic E-state index is 0.0255. The summed E-state index contributed by atoms with van der Waals surface area (Å²) in [6.07, 6.45) is -11.5. The maximum Gasteiger partial charge on any atom is 0.458 e. The number of alkyl halides is 6. The Morgan fingerprint density at radius 2 is 1.00 bits per heavy atom. The second-order valence-corrected chi connectivity index (χ2v) is 4.58. The molecule has 0 atom stereocenters. The molecule has 0 spiro atoms. The van der Waals surface area contributed by atoms with E-state index >= 15 is 0 Å². The molecular weight excluding hydrogens is 296 g/mol. The van der Waals surface area contributed by atoms with E-state index in [1.165, 1.54) is 6.92 Å². The first-order valence-electron chi connectivity index (χ1n) is 5.00. The van der Waals surface area contributed by atoms with Gasteiger partial charge in [0, 0.05) is 12.5 Å². The van der Waals surface area contributed by atoms with Crippen molar-refractivity contribution in [1.29, 1.82) is 0 Å². The molecule has 0 aliphatic heterocycles. The second-order valence-electron chi connectivity index (χ2n) is 4.58. The van der Waals surface area contributed by atoms with Gasteiger partial charge in [-0.05, 0) is 20.8 Å². The summed E-state index contributed by atoms with van der Waals surface area (Å²) in [6.45, 7) is 7.38. The highest BCUT2D eigenvalue weighted by Crippen LogP contribution is 2.23. The van der Waals surface area contributed by atoms with Crippen molar-refractivity contribution in [2.75, 3.05) is 0 Å². The Balaban J connectivity index is 0. The van der Waals surface area contributed by atoms with Gasteiger partial charge in [-0.25, -0.2) is 0 Å². The molecule has 4 nitrogen and oxygen atoms in total. The maximum atomic E-state index is 11.2. The quantitative estimate of drug-likeness (QED) is 0.596. The molecule has 0 aromatic heterocycles. The summed E-state index contributed by atoms with van der Waals surface area (Å²) >= 11 is 0. The summed E-state index contributed by atoms with van der Waals surface area (Å²) in [5, 5.41) is 2.74. The molecule has 0 bridgehead atoms. The number of carbonyl (C=O) groups excluding carboxylic acids is 3. The number of ketones is 2. The first-order chi connectivity index (χ1) is 8.48. The molecule has 0 unspecified atom stereocenters. The summed E-state index contributed by atoms with van der Waals surface area (Å²) in [7, 11) is 0. The lowest BCUT2D eigenvalue weighted by molar-refractivity contribution is -0.193. The Morgan fingerprint density at radius 1 is 0.750 bits per heavy atom. The van der Waals surface area contributed by atoms with E-state index in [0.717, 1.165) is 0 Å². The van der Waals surface area contributed by atoms with E-state index in [1.54, 1.807) is 0 Å². The van der Waals surface area contributed by atoms with Crippen molar-refractivity contribution >= 4 is 17.5 Å². The van der Waals surface area contributed by atoms with Crippen LogP contribution in [0.5, 0.6) is 0 Å². The van der Waals surface area contributed by atoms with E-state index in [1.807, 2.05) is 20.8 Å². The lowest BCUT2D eigenvalue weighted by Gasteiger charge is -2.18. The van der Waals surface area contributed by atoms with Gasteiger partial charge >= 0.3 is 23.9 Å². The maximum absolute atomic E-state index is 11.2. The van der Waals surface area contributed by atoms with Gasteiger partial charge in [-0.1, -0.05) is 0 Å². The first-order valence-corrected chi connectivity index (χ1v) is 5.00. The fraction of sp³-hybridized carbons (Fsp3) is 0.700. The van der Waals surface area contributed by atoms with Gasteiger partial charge in [-0.3, -0.25) is 14.4 Å². The average Bonchev–Trinajstić information content (AvgIpc) is 2.09. The van der Waals surface area contributed by atoms with Crippen molar-refractivity contribution < 1.29 is 40.7 Å². The van der Waals surface area contributed by atoms with E-state index in [-0.39, 0.29) is 11.4 Å². The third-order valence-corrected chi connectivity index (χ3v) is 1.27. The molecular formula is C10H13F6NO3. The zero-order valence-corrected chi connectivity index (χ0v) is 11.0. The molecule has 0 aromatic rings. The highest BCUT2D eigenvalue weighted by atomic mass is 19.4. The minimum atomic E-state index is -5.77. The fourth-order valence-corrected chi connectivity index (χ4v) is 0.786. The SMILES string of the molecule is CC(=O)NC(C)(C)C.O=C(C(=O)C(F)(F)F)C(F)(F)F. The van der Waals surface area contributed by atoms with Gasteiger partial charge in [-0.15, -0.1) is 0 Å². The largest absolute Gasteiger partial charge is 0.458 e. The Labute approximate surface area is 110 Å². The molecule has 0 aromatic carbocycles. The van der Waals surface area contributed by atoms with Crippen LogP contribution in [0.4, 0.5) is 26.3 Å². The van der Waals surface area contributed by atoms with Crippen LogP contribution < -0.4 is 5.32 Å². The van der Waals surface area contributed by atoms with Crippen molar-refractivity contribution in [3.63, 3.8) is 0 Å². The monoisotopic (exact) mass is 309 g/mol. The molecule has 20 heavy (non-hydrogen) atoms. The van der Waals surface area contributed by atoms with Crippen molar-refractivity contribution in [1.82, 2.24) is 5.32 Å². The molecule has 0 rings (SSSR count). The van der Waals surface area contributed by atoms with Crippen LogP contribution in [-0.4, -0.2) is 35.4 Å². The van der Waals surface area contributed by atoms with E-state index in [4.69, 9.17) is 0 Å². The van der Waals surface area contributed by atoms with E-state index in [9.17, 15) is 40.7 Å². The predicted octanol–water partition coefficient (Wildman–Crippen LogP) is 2.17. The standard InChI is InChI=1S/C6H13NO.C4F6O2/c1-5(8)7-6(2,3)4;5-3(6,7)1(11)2(12)4(8,9)10/h1-4H3,(H,7,8);. The van der Waals surface area contributed by atoms with Crippen LogP contribution in [0.25, 0.3) is 0 Å². The summed E-state index contributed by atoms with van der Waals surface area (Å²) in [5.41, 5.74) is -0.0775. The molecule has 0 radical (unpaired) electrons. The predicted molar refractivity (Wildman–Crippen MR) is 55.7 cm³/mol. The third kappa shape index (κ3) is 10.3. The van der Waals surface area contributed by atoms with Gasteiger partial charge in [0.25, 0.3) is 0 Å². The van der Waals surface area contributed by atoms with Crippen LogP contribution in [-0.2, 0) is 14.4 Å². The lowest BCUT2D eigenvalue weighted by atomic mass is 10.1. The normalized spacial score (nSPS) is 12.1. The van der Waals surface area contributed by atoms with Crippen LogP contribution >= 0.6 is 0 Å². The minimum Gasteiger partial charge on any atom is -0.352 e. The Bertz CT molecular complexity index is 354. The summed E-state index contributed by atoms with van der Waals surface area (Å²) in [6, 6.07) is 0. The summed E-state index contributed by atoms with van der Waals surface area (Å²) < 4.78 is 67.0. The Morgan fingerprint density at radius 3 is 1.05 bits per heavy atom. The van der Waals surface area contributed by atoms with Gasteiger partial charge in [0.05, 0.1) is 0 Å². The van der Waals surface area contributed by atoms with Gasteiger partial charge in [0.15, 0.2) is 0 Å². The zero-order valence-electron chi connectivity index (χ0n) is 11.0. The molecule has 118 valence electrons. The summed E-state index contributed by atoms with van der Waals surface area (Å²) in [5.74, 6) is -6.79. The number of carbonyl (C=O) groups is 3. The molecule has 0 fully saturated rings. The second kappa shape index (κ2) is 6.71. The number of Topliss-reactive ketones (excluding diaryl/α,β-unsaturated/α-hetero) is 2. The van der Waals surface area contributed by atoms with E-state index < -0.39 is 23.9 Å². The van der Waals surface area contributed by atoms with Gasteiger partial charge in [-0.2, -0.15) is 26.3 Å². The first kappa shape index (κ1) is 20.7. The number of amides is 1. The average molecular weight is 309 g/mol. The molecule has 10 heteroatoms.